The summed E-state index contributed by atoms with van der Waals surface area (Å²) in [6.07, 6.45) is -1.49. The molecule has 2 bridgehead atoms. The molecule has 4 unspecified atom stereocenters. The summed E-state index contributed by atoms with van der Waals surface area (Å²) in [5.41, 5.74) is -3.93. The van der Waals surface area contributed by atoms with Crippen LogP contribution < -0.4 is 4.74 Å². The minimum Gasteiger partial charge on any atom is -0.497 e. The third kappa shape index (κ3) is 2.48. The Hall–Kier alpha value is -4.00. The van der Waals surface area contributed by atoms with Crippen LogP contribution in [0.2, 0.25) is 0 Å². The van der Waals surface area contributed by atoms with E-state index in [1.165, 1.54) is 20.1 Å². The molecule has 2 aliphatic rings. The number of ether oxygens (including phenoxy) is 3. The summed E-state index contributed by atoms with van der Waals surface area (Å²) in [7, 11) is 1.49. The van der Waals surface area contributed by atoms with Crippen LogP contribution in [0.5, 0.6) is 5.75 Å². The third-order valence-electron chi connectivity index (χ3n) is 6.21. The largest absolute Gasteiger partial charge is 0.497 e. The van der Waals surface area contributed by atoms with Crippen LogP contribution in [0, 0.1) is 61.9 Å². The molecule has 2 fully saturated rings. The van der Waals surface area contributed by atoms with Crippen LogP contribution in [0.4, 0.5) is 8.78 Å². The number of hydrogen-bond acceptors (Lipinski definition) is 7. The van der Waals surface area contributed by atoms with E-state index in [2.05, 4.69) is 0 Å². The summed E-state index contributed by atoms with van der Waals surface area (Å²) in [4.78, 5) is 0. The van der Waals surface area contributed by atoms with Gasteiger partial charge in [-0.25, -0.2) is 8.78 Å². The molecule has 0 aromatic heterocycles. The van der Waals surface area contributed by atoms with Crippen molar-refractivity contribution in [1.82, 2.24) is 0 Å². The number of nitriles is 3. The Labute approximate surface area is 182 Å². The van der Waals surface area contributed by atoms with Gasteiger partial charge in [0.05, 0.1) is 31.2 Å². The van der Waals surface area contributed by atoms with Crippen molar-refractivity contribution in [3.8, 4) is 24.0 Å². The molecule has 0 aliphatic carbocycles. The fourth-order valence-electron chi connectivity index (χ4n) is 4.76. The average Bonchev–Trinajstić information content (AvgIpc) is 2.98. The second-order valence-electron chi connectivity index (χ2n) is 7.78. The summed E-state index contributed by atoms with van der Waals surface area (Å²) in [5.74, 6) is -5.07. The highest BCUT2D eigenvalue weighted by atomic mass is 19.2. The van der Waals surface area contributed by atoms with Gasteiger partial charge < -0.3 is 14.2 Å². The van der Waals surface area contributed by atoms with Gasteiger partial charge in [-0.15, -0.1) is 0 Å². The monoisotopic (exact) mass is 434 g/mol. The maximum atomic E-state index is 14.0. The summed E-state index contributed by atoms with van der Waals surface area (Å²) in [5, 5.41) is 39.3. The van der Waals surface area contributed by atoms with Crippen LogP contribution in [-0.2, 0) is 9.47 Å². The zero-order valence-corrected chi connectivity index (χ0v) is 17.0. The molecule has 2 heterocycles. The van der Waals surface area contributed by atoms with E-state index in [1.54, 1.807) is 24.3 Å². The Morgan fingerprint density at radius 2 is 1.59 bits per heavy atom. The van der Waals surface area contributed by atoms with Crippen molar-refractivity contribution in [3.63, 3.8) is 0 Å². The Kier molecular flexibility index (Phi) is 4.66. The Balaban J connectivity index is 2.00. The first-order valence-electron chi connectivity index (χ1n) is 9.51. The van der Waals surface area contributed by atoms with Crippen LogP contribution in [0.3, 0.4) is 0 Å². The molecule has 0 amide bonds. The van der Waals surface area contributed by atoms with Gasteiger partial charge in [0, 0.05) is 6.92 Å². The van der Waals surface area contributed by atoms with E-state index in [4.69, 9.17) is 19.6 Å². The summed E-state index contributed by atoms with van der Waals surface area (Å²) < 4.78 is 44.5. The van der Waals surface area contributed by atoms with Crippen LogP contribution in [0.15, 0.2) is 42.5 Å². The molecular formula is C23H16F2N4O3. The number of methoxy groups -OCH3 is 1. The van der Waals surface area contributed by atoms with Gasteiger partial charge in [0.25, 0.3) is 0 Å². The standard InChI is InChI=1S/C23H16F2N4O3/c1-21-18(13-3-6-15(30-2)7-4-13)23(12-28,20(29)32-21)22(10-26,11-27)19(31-21)14-5-8-16(24)17(25)9-14/h3-9,18-19,29H,1-2H3. The molecule has 2 aromatic carbocycles. The van der Waals surface area contributed by atoms with Crippen molar-refractivity contribution in [1.29, 1.82) is 21.2 Å². The predicted octanol–water partition coefficient (Wildman–Crippen LogP) is 4.10. The fraction of sp³-hybridized carbons (Fsp3) is 0.304. The molecule has 2 aromatic rings. The van der Waals surface area contributed by atoms with E-state index in [0.717, 1.165) is 12.1 Å². The van der Waals surface area contributed by atoms with Gasteiger partial charge in [-0.3, -0.25) is 5.41 Å². The molecule has 1 N–H and O–H groups in total. The molecule has 4 atom stereocenters. The van der Waals surface area contributed by atoms with E-state index >= 15 is 0 Å². The zero-order chi connectivity index (χ0) is 23.3. The van der Waals surface area contributed by atoms with E-state index in [-0.39, 0.29) is 5.56 Å². The molecule has 0 saturated carbocycles. The SMILES string of the molecule is COc1ccc(C2C3(C)OC(=N)C2(C#N)C(C#N)(C#N)C(c2ccc(F)c(F)c2)O3)cc1. The second kappa shape index (κ2) is 7.02. The van der Waals surface area contributed by atoms with Crippen LogP contribution >= 0.6 is 0 Å². The first-order valence-corrected chi connectivity index (χ1v) is 9.51. The highest BCUT2D eigenvalue weighted by molar-refractivity contribution is 5.90. The lowest BCUT2D eigenvalue weighted by Gasteiger charge is -2.48. The number of rotatable bonds is 3. The lowest BCUT2D eigenvalue weighted by molar-refractivity contribution is -0.253. The molecule has 32 heavy (non-hydrogen) atoms. The fourth-order valence-corrected chi connectivity index (χ4v) is 4.76. The lowest BCUT2D eigenvalue weighted by Crippen LogP contribution is -2.57. The third-order valence-corrected chi connectivity index (χ3v) is 6.21. The van der Waals surface area contributed by atoms with Crippen molar-refractivity contribution >= 4 is 5.90 Å². The topological polar surface area (TPSA) is 123 Å². The highest BCUT2D eigenvalue weighted by Crippen LogP contribution is 2.69. The maximum absolute atomic E-state index is 14.0. The van der Waals surface area contributed by atoms with Crippen molar-refractivity contribution in [2.75, 3.05) is 7.11 Å². The predicted molar refractivity (Wildman–Crippen MR) is 105 cm³/mol. The van der Waals surface area contributed by atoms with E-state index in [1.807, 2.05) is 18.2 Å². The molecule has 4 rings (SSSR count). The second-order valence-corrected chi connectivity index (χ2v) is 7.78. The van der Waals surface area contributed by atoms with E-state index in [9.17, 15) is 24.6 Å². The minimum atomic E-state index is -2.30. The molecule has 7 nitrogen and oxygen atoms in total. The first kappa shape index (κ1) is 21.2. The number of hydrogen-bond donors (Lipinski definition) is 1. The number of benzene rings is 2. The molecule has 9 heteroatoms. The van der Waals surface area contributed by atoms with Gasteiger partial charge >= 0.3 is 0 Å². The number of fused-ring (bicyclic) bond motifs is 2. The maximum Gasteiger partial charge on any atom is 0.218 e. The van der Waals surface area contributed by atoms with Crippen LogP contribution in [0.25, 0.3) is 0 Å². The Morgan fingerprint density at radius 1 is 0.969 bits per heavy atom. The Bertz CT molecular complexity index is 1230. The average molecular weight is 434 g/mol. The summed E-state index contributed by atoms with van der Waals surface area (Å²) >= 11 is 0. The van der Waals surface area contributed by atoms with E-state index in [0.29, 0.717) is 11.3 Å². The van der Waals surface area contributed by atoms with Gasteiger partial charge in [0.15, 0.2) is 17.0 Å². The molecule has 160 valence electrons. The zero-order valence-electron chi connectivity index (χ0n) is 17.0. The summed E-state index contributed by atoms with van der Waals surface area (Å²) in [6.45, 7) is 1.49. The normalized spacial score (nSPS) is 29.8. The molecule has 2 aliphatic heterocycles. The van der Waals surface area contributed by atoms with Crippen molar-refractivity contribution in [2.24, 2.45) is 10.8 Å². The van der Waals surface area contributed by atoms with E-state index < -0.39 is 46.2 Å². The van der Waals surface area contributed by atoms with Crippen molar-refractivity contribution in [3.05, 3.63) is 65.2 Å². The van der Waals surface area contributed by atoms with Gasteiger partial charge in [-0.05, 0) is 35.4 Å². The van der Waals surface area contributed by atoms with Crippen molar-refractivity contribution < 1.29 is 23.0 Å². The highest BCUT2D eigenvalue weighted by Gasteiger charge is 2.79. The minimum absolute atomic E-state index is 0.0238. The quantitative estimate of drug-likeness (QED) is 0.776. The Morgan fingerprint density at radius 3 is 2.12 bits per heavy atom. The smallest absolute Gasteiger partial charge is 0.218 e. The molecule has 0 radical (unpaired) electrons. The van der Waals surface area contributed by atoms with Gasteiger partial charge in [-0.1, -0.05) is 18.2 Å². The van der Waals surface area contributed by atoms with Crippen LogP contribution in [0.1, 0.15) is 30.1 Å². The number of nitrogens with zero attached hydrogens (tertiary/aromatic N) is 3. The van der Waals surface area contributed by atoms with Gasteiger partial charge in [-0.2, -0.15) is 15.8 Å². The molecular weight excluding hydrogens is 418 g/mol. The summed E-state index contributed by atoms with van der Waals surface area (Å²) in [6, 6.07) is 15.1. The van der Waals surface area contributed by atoms with Crippen LogP contribution in [-0.4, -0.2) is 18.8 Å². The number of halogens is 2. The first-order chi connectivity index (χ1) is 15.2. The van der Waals surface area contributed by atoms with Gasteiger partial charge in [0.1, 0.15) is 11.9 Å². The lowest BCUT2D eigenvalue weighted by atomic mass is 9.52. The molecule has 0 spiro atoms. The van der Waals surface area contributed by atoms with Gasteiger partial charge in [0.2, 0.25) is 17.1 Å². The van der Waals surface area contributed by atoms with Crippen molar-refractivity contribution in [2.45, 2.75) is 24.7 Å². The molecule has 2 saturated heterocycles. The number of nitrogens with one attached hydrogen (secondary N) is 1.